The summed E-state index contributed by atoms with van der Waals surface area (Å²) >= 11 is 2.46. The van der Waals surface area contributed by atoms with Crippen LogP contribution in [0.5, 0.6) is 0 Å². The molecule has 0 amide bonds. The summed E-state index contributed by atoms with van der Waals surface area (Å²) in [7, 11) is 0. The average molecular weight is 268 g/mol. The molecule has 1 heteroatoms. The lowest BCUT2D eigenvalue weighted by Crippen LogP contribution is -1.87. The Labute approximate surface area is 85.3 Å². The van der Waals surface area contributed by atoms with Gasteiger partial charge in [0, 0.05) is 0 Å². The van der Waals surface area contributed by atoms with Gasteiger partial charge in [-0.15, -0.1) is 0 Å². The summed E-state index contributed by atoms with van der Waals surface area (Å²) in [6, 6.07) is 0. The van der Waals surface area contributed by atoms with Crippen LogP contribution in [0.1, 0.15) is 52.4 Å². The van der Waals surface area contributed by atoms with Crippen LogP contribution in [-0.4, -0.2) is 4.43 Å². The normalized spacial score (nSPS) is 10.9. The second-order valence-corrected chi connectivity index (χ2v) is 4.72. The molecule has 0 bridgehead atoms. The highest BCUT2D eigenvalue weighted by Crippen LogP contribution is 2.10. The SMILES string of the molecule is CC(C)CCCCCCCI. The molecule has 0 saturated heterocycles. The predicted octanol–water partition coefficient (Wildman–Crippen LogP) is 4.42. The molecule has 0 heterocycles. The molecule has 68 valence electrons. The summed E-state index contributed by atoms with van der Waals surface area (Å²) in [5.74, 6) is 0.902. The molecule has 11 heavy (non-hydrogen) atoms. The van der Waals surface area contributed by atoms with Gasteiger partial charge in [0.05, 0.1) is 0 Å². The van der Waals surface area contributed by atoms with Crippen molar-refractivity contribution < 1.29 is 0 Å². The molecule has 0 unspecified atom stereocenters. The maximum atomic E-state index is 2.46. The zero-order valence-corrected chi connectivity index (χ0v) is 10.1. The van der Waals surface area contributed by atoms with Gasteiger partial charge in [0.25, 0.3) is 0 Å². The highest BCUT2D eigenvalue weighted by atomic mass is 127. The maximum absolute atomic E-state index is 2.46. The Morgan fingerprint density at radius 3 is 2.00 bits per heavy atom. The zero-order valence-electron chi connectivity index (χ0n) is 7.91. The van der Waals surface area contributed by atoms with E-state index in [1.807, 2.05) is 0 Å². The minimum atomic E-state index is 0.902. The molecular weight excluding hydrogens is 247 g/mol. The minimum absolute atomic E-state index is 0.902. The average Bonchev–Trinajstić information content (AvgIpc) is 1.96. The van der Waals surface area contributed by atoms with Gasteiger partial charge in [-0.05, 0) is 16.8 Å². The molecule has 0 aromatic carbocycles. The third-order valence-electron chi connectivity index (χ3n) is 1.92. The van der Waals surface area contributed by atoms with E-state index in [4.69, 9.17) is 0 Å². The third-order valence-corrected chi connectivity index (χ3v) is 2.68. The first kappa shape index (κ1) is 11.7. The fraction of sp³-hybridized carbons (Fsp3) is 1.00. The van der Waals surface area contributed by atoms with Gasteiger partial charge in [-0.25, -0.2) is 0 Å². The molecule has 0 aliphatic rings. The van der Waals surface area contributed by atoms with E-state index in [-0.39, 0.29) is 0 Å². The lowest BCUT2D eigenvalue weighted by atomic mass is 10.0. The second kappa shape index (κ2) is 8.82. The molecule has 0 radical (unpaired) electrons. The van der Waals surface area contributed by atoms with E-state index in [1.54, 1.807) is 0 Å². The molecular formula is C10H21I. The molecule has 0 aliphatic heterocycles. The van der Waals surface area contributed by atoms with E-state index < -0.39 is 0 Å². The van der Waals surface area contributed by atoms with Crippen molar-refractivity contribution in [2.75, 3.05) is 4.43 Å². The topological polar surface area (TPSA) is 0 Å². The van der Waals surface area contributed by atoms with Crippen LogP contribution in [0.4, 0.5) is 0 Å². The fourth-order valence-electron chi connectivity index (χ4n) is 1.18. The quantitative estimate of drug-likeness (QED) is 0.364. The van der Waals surface area contributed by atoms with Crippen molar-refractivity contribution in [3.63, 3.8) is 0 Å². The summed E-state index contributed by atoms with van der Waals surface area (Å²) < 4.78 is 1.34. The molecule has 0 N–H and O–H groups in total. The lowest BCUT2D eigenvalue weighted by molar-refractivity contribution is 0.519. The Balaban J connectivity index is 2.80. The number of halogens is 1. The van der Waals surface area contributed by atoms with Gasteiger partial charge >= 0.3 is 0 Å². The summed E-state index contributed by atoms with van der Waals surface area (Å²) in [4.78, 5) is 0. The number of unbranched alkanes of at least 4 members (excludes halogenated alkanes) is 4. The van der Waals surface area contributed by atoms with Gasteiger partial charge in [-0.2, -0.15) is 0 Å². The molecule has 0 nitrogen and oxygen atoms in total. The van der Waals surface area contributed by atoms with Crippen molar-refractivity contribution >= 4 is 22.6 Å². The molecule has 0 rings (SSSR count). The first-order valence-electron chi connectivity index (χ1n) is 4.83. The maximum Gasteiger partial charge on any atom is -0.000473 e. The van der Waals surface area contributed by atoms with Gasteiger partial charge in [-0.1, -0.05) is 68.5 Å². The van der Waals surface area contributed by atoms with Crippen molar-refractivity contribution in [1.82, 2.24) is 0 Å². The Kier molecular flexibility index (Phi) is 9.41. The molecule has 0 aromatic heterocycles. The van der Waals surface area contributed by atoms with Crippen LogP contribution in [0.2, 0.25) is 0 Å². The summed E-state index contributed by atoms with van der Waals surface area (Å²) in [6.45, 7) is 4.62. The Hall–Kier alpha value is 0.730. The standard InChI is InChI=1S/C10H21I/c1-10(2)8-6-4-3-5-7-9-11/h10H,3-9H2,1-2H3. The van der Waals surface area contributed by atoms with Crippen LogP contribution < -0.4 is 0 Å². The highest BCUT2D eigenvalue weighted by molar-refractivity contribution is 14.1. The van der Waals surface area contributed by atoms with E-state index in [2.05, 4.69) is 36.4 Å². The van der Waals surface area contributed by atoms with Crippen LogP contribution in [0.15, 0.2) is 0 Å². The van der Waals surface area contributed by atoms with Gasteiger partial charge in [0.2, 0.25) is 0 Å². The predicted molar refractivity (Wildman–Crippen MR) is 61.4 cm³/mol. The first-order valence-corrected chi connectivity index (χ1v) is 6.36. The van der Waals surface area contributed by atoms with E-state index in [9.17, 15) is 0 Å². The number of hydrogen-bond acceptors (Lipinski definition) is 0. The van der Waals surface area contributed by atoms with E-state index in [0.717, 1.165) is 5.92 Å². The molecule has 0 saturated carbocycles. The Morgan fingerprint density at radius 2 is 1.45 bits per heavy atom. The van der Waals surface area contributed by atoms with Crippen LogP contribution in [0, 0.1) is 5.92 Å². The summed E-state index contributed by atoms with van der Waals surface area (Å²) in [5.41, 5.74) is 0. The van der Waals surface area contributed by atoms with E-state index >= 15 is 0 Å². The highest BCUT2D eigenvalue weighted by Gasteiger charge is 1.93. The first-order chi connectivity index (χ1) is 5.27. The Morgan fingerprint density at radius 1 is 0.909 bits per heavy atom. The van der Waals surface area contributed by atoms with E-state index in [0.29, 0.717) is 0 Å². The van der Waals surface area contributed by atoms with Crippen molar-refractivity contribution in [3.8, 4) is 0 Å². The van der Waals surface area contributed by atoms with E-state index in [1.165, 1.54) is 43.0 Å². The van der Waals surface area contributed by atoms with Crippen LogP contribution in [0.3, 0.4) is 0 Å². The molecule has 0 aromatic rings. The van der Waals surface area contributed by atoms with Crippen molar-refractivity contribution in [3.05, 3.63) is 0 Å². The summed E-state index contributed by atoms with van der Waals surface area (Å²) in [6.07, 6.45) is 8.64. The van der Waals surface area contributed by atoms with Crippen molar-refractivity contribution in [1.29, 1.82) is 0 Å². The zero-order chi connectivity index (χ0) is 8.53. The third kappa shape index (κ3) is 10.7. The van der Waals surface area contributed by atoms with Gasteiger partial charge in [0.1, 0.15) is 0 Å². The molecule has 0 spiro atoms. The monoisotopic (exact) mass is 268 g/mol. The summed E-state index contributed by atoms with van der Waals surface area (Å²) in [5, 5.41) is 0. The Bertz CT molecular complexity index is 69.3. The van der Waals surface area contributed by atoms with Crippen molar-refractivity contribution in [2.24, 2.45) is 5.92 Å². The molecule has 0 fully saturated rings. The second-order valence-electron chi connectivity index (χ2n) is 3.64. The van der Waals surface area contributed by atoms with Crippen LogP contribution in [-0.2, 0) is 0 Å². The largest absolute Gasteiger partial charge is 0.0864 e. The minimum Gasteiger partial charge on any atom is -0.0864 e. The number of alkyl halides is 1. The lowest BCUT2D eigenvalue weighted by Gasteiger charge is -2.03. The number of rotatable bonds is 7. The fourth-order valence-corrected chi connectivity index (χ4v) is 1.72. The van der Waals surface area contributed by atoms with Gasteiger partial charge < -0.3 is 0 Å². The number of hydrogen-bond donors (Lipinski definition) is 0. The van der Waals surface area contributed by atoms with Gasteiger partial charge in [0.15, 0.2) is 0 Å². The molecule has 0 atom stereocenters. The van der Waals surface area contributed by atoms with Crippen LogP contribution in [0.25, 0.3) is 0 Å². The molecule has 0 aliphatic carbocycles. The van der Waals surface area contributed by atoms with Gasteiger partial charge in [-0.3, -0.25) is 0 Å². The smallest absolute Gasteiger partial charge is 0.000473 e. The van der Waals surface area contributed by atoms with Crippen LogP contribution >= 0.6 is 22.6 Å². The van der Waals surface area contributed by atoms with Crippen molar-refractivity contribution in [2.45, 2.75) is 52.4 Å².